The molecular weight excluding hydrogens is 261 g/mol. The highest BCUT2D eigenvalue weighted by Crippen LogP contribution is 2.36. The van der Waals surface area contributed by atoms with Crippen molar-refractivity contribution in [1.29, 1.82) is 0 Å². The van der Waals surface area contributed by atoms with Crippen molar-refractivity contribution in [2.45, 2.75) is 12.6 Å². The number of amides is 1. The molecule has 1 aromatic carbocycles. The van der Waals surface area contributed by atoms with E-state index < -0.39 is 24.3 Å². The lowest BCUT2D eigenvalue weighted by Gasteiger charge is -2.15. The van der Waals surface area contributed by atoms with Crippen LogP contribution >= 0.6 is 0 Å². The zero-order valence-corrected chi connectivity index (χ0v) is 10.4. The predicted molar refractivity (Wildman–Crippen MR) is 63.8 cm³/mol. The van der Waals surface area contributed by atoms with Gasteiger partial charge in [0.1, 0.15) is 5.75 Å². The van der Waals surface area contributed by atoms with Gasteiger partial charge in [0.2, 0.25) is 0 Å². The number of nitrogens with one attached hydrogen (secondary N) is 1. The van der Waals surface area contributed by atoms with Crippen LogP contribution in [0.25, 0.3) is 0 Å². The van der Waals surface area contributed by atoms with Gasteiger partial charge in [0.05, 0.1) is 5.56 Å². The molecule has 0 saturated carbocycles. The summed E-state index contributed by atoms with van der Waals surface area (Å²) in [5.41, 5.74) is 4.88. The van der Waals surface area contributed by atoms with E-state index in [0.29, 0.717) is 12.0 Å². The summed E-state index contributed by atoms with van der Waals surface area (Å²) in [7, 11) is 1.38. The van der Waals surface area contributed by atoms with Gasteiger partial charge in [-0.15, -0.1) is 0 Å². The van der Waals surface area contributed by atoms with Gasteiger partial charge in [0.15, 0.2) is 6.61 Å². The Morgan fingerprint density at radius 1 is 1.42 bits per heavy atom. The van der Waals surface area contributed by atoms with E-state index in [1.807, 2.05) is 0 Å². The van der Waals surface area contributed by atoms with Gasteiger partial charge >= 0.3 is 6.18 Å². The standard InChI is InChI=1S/C12H15F3N2O2/c1-17-11(18)7-19-10-3-2-8(4-5-16)6-9(10)12(13,14)15/h2-3,6H,4-5,7,16H2,1H3,(H,17,18). The highest BCUT2D eigenvalue weighted by Gasteiger charge is 2.34. The molecule has 0 heterocycles. The lowest BCUT2D eigenvalue weighted by atomic mass is 10.1. The van der Waals surface area contributed by atoms with Crippen LogP contribution in [-0.2, 0) is 17.4 Å². The van der Waals surface area contributed by atoms with Crippen LogP contribution in [-0.4, -0.2) is 26.1 Å². The van der Waals surface area contributed by atoms with Crippen molar-refractivity contribution in [2.24, 2.45) is 5.73 Å². The van der Waals surface area contributed by atoms with Crippen LogP contribution < -0.4 is 15.8 Å². The van der Waals surface area contributed by atoms with Crippen molar-refractivity contribution in [1.82, 2.24) is 5.32 Å². The second-order valence-electron chi connectivity index (χ2n) is 3.83. The second kappa shape index (κ2) is 6.42. The minimum atomic E-state index is -4.54. The maximum atomic E-state index is 12.9. The largest absolute Gasteiger partial charge is 0.483 e. The van der Waals surface area contributed by atoms with Gasteiger partial charge in [-0.1, -0.05) is 6.07 Å². The number of rotatable bonds is 5. The molecule has 106 valence electrons. The van der Waals surface area contributed by atoms with Gasteiger partial charge in [0, 0.05) is 7.05 Å². The number of carbonyl (C=O) groups excluding carboxylic acids is 1. The SMILES string of the molecule is CNC(=O)COc1ccc(CCN)cc1C(F)(F)F. The van der Waals surface area contributed by atoms with Crippen molar-refractivity contribution in [2.75, 3.05) is 20.2 Å². The van der Waals surface area contributed by atoms with Crippen LogP contribution in [0, 0.1) is 0 Å². The third kappa shape index (κ3) is 4.44. The Balaban J connectivity index is 2.99. The molecule has 0 unspecified atom stereocenters. The topological polar surface area (TPSA) is 64.3 Å². The van der Waals surface area contributed by atoms with E-state index in [9.17, 15) is 18.0 Å². The number of halogens is 3. The summed E-state index contributed by atoms with van der Waals surface area (Å²) in [6, 6.07) is 3.70. The van der Waals surface area contributed by atoms with E-state index >= 15 is 0 Å². The molecule has 0 bridgehead atoms. The van der Waals surface area contributed by atoms with Gasteiger partial charge in [-0.2, -0.15) is 13.2 Å². The normalized spacial score (nSPS) is 11.2. The third-order valence-corrected chi connectivity index (χ3v) is 2.42. The lowest BCUT2D eigenvalue weighted by Crippen LogP contribution is -2.25. The quantitative estimate of drug-likeness (QED) is 0.852. The molecule has 0 radical (unpaired) electrons. The molecule has 0 spiro atoms. The fraction of sp³-hybridized carbons (Fsp3) is 0.417. The first-order chi connectivity index (χ1) is 8.88. The summed E-state index contributed by atoms with van der Waals surface area (Å²) in [5.74, 6) is -0.865. The molecule has 0 saturated heterocycles. The first kappa shape index (κ1) is 15.3. The molecule has 19 heavy (non-hydrogen) atoms. The van der Waals surface area contributed by atoms with Gasteiger partial charge in [0.25, 0.3) is 5.91 Å². The van der Waals surface area contributed by atoms with Gasteiger partial charge < -0.3 is 15.8 Å². The number of hydrogen-bond donors (Lipinski definition) is 2. The molecule has 0 fully saturated rings. The fourth-order valence-corrected chi connectivity index (χ4v) is 1.46. The molecule has 1 aromatic rings. The molecule has 0 aliphatic carbocycles. The number of likely N-dealkylation sites (N-methyl/N-ethyl adjacent to an activating group) is 1. The van der Waals surface area contributed by atoms with Gasteiger partial charge in [-0.05, 0) is 30.7 Å². The Kier molecular flexibility index (Phi) is 5.17. The van der Waals surface area contributed by atoms with Crippen LogP contribution in [0.15, 0.2) is 18.2 Å². The second-order valence-corrected chi connectivity index (χ2v) is 3.83. The summed E-state index contributed by atoms with van der Waals surface area (Å²) in [6.45, 7) is -0.203. The highest BCUT2D eigenvalue weighted by atomic mass is 19.4. The number of nitrogens with two attached hydrogens (primary N) is 1. The van der Waals surface area contributed by atoms with Crippen molar-refractivity contribution < 1.29 is 22.7 Å². The van der Waals surface area contributed by atoms with Crippen molar-refractivity contribution in [3.05, 3.63) is 29.3 Å². The fourth-order valence-electron chi connectivity index (χ4n) is 1.46. The van der Waals surface area contributed by atoms with E-state index in [1.165, 1.54) is 19.2 Å². The molecule has 0 atom stereocenters. The highest BCUT2D eigenvalue weighted by molar-refractivity contribution is 5.77. The van der Waals surface area contributed by atoms with Crippen LogP contribution in [0.2, 0.25) is 0 Å². The van der Waals surface area contributed by atoms with E-state index in [4.69, 9.17) is 10.5 Å². The van der Waals surface area contributed by atoms with Crippen molar-refractivity contribution in [3.8, 4) is 5.75 Å². The molecular formula is C12H15F3N2O2. The van der Waals surface area contributed by atoms with Gasteiger partial charge in [-0.3, -0.25) is 4.79 Å². The molecule has 0 aliphatic heterocycles. The van der Waals surface area contributed by atoms with Crippen LogP contribution in [0.5, 0.6) is 5.75 Å². The van der Waals surface area contributed by atoms with E-state index in [0.717, 1.165) is 6.07 Å². The van der Waals surface area contributed by atoms with E-state index in [2.05, 4.69) is 5.32 Å². The predicted octanol–water partition coefficient (Wildman–Crippen LogP) is 1.33. The first-order valence-electron chi connectivity index (χ1n) is 5.62. The maximum absolute atomic E-state index is 12.9. The number of benzene rings is 1. The van der Waals surface area contributed by atoms with E-state index in [-0.39, 0.29) is 12.3 Å². The Hall–Kier alpha value is -1.76. The average molecular weight is 276 g/mol. The van der Waals surface area contributed by atoms with Gasteiger partial charge in [-0.25, -0.2) is 0 Å². The molecule has 3 N–H and O–H groups in total. The summed E-state index contributed by atoms with van der Waals surface area (Å²) in [5, 5.41) is 2.26. The Morgan fingerprint density at radius 2 is 2.11 bits per heavy atom. The number of carbonyl (C=O) groups is 1. The molecule has 7 heteroatoms. The van der Waals surface area contributed by atoms with Crippen LogP contribution in [0.1, 0.15) is 11.1 Å². The smallest absolute Gasteiger partial charge is 0.419 e. The van der Waals surface area contributed by atoms with Crippen molar-refractivity contribution in [3.63, 3.8) is 0 Å². The zero-order chi connectivity index (χ0) is 14.5. The number of ether oxygens (including phenoxy) is 1. The van der Waals surface area contributed by atoms with Crippen LogP contribution in [0.3, 0.4) is 0 Å². The Labute approximate surface area is 108 Å². The maximum Gasteiger partial charge on any atom is 0.419 e. The number of hydrogen-bond acceptors (Lipinski definition) is 3. The average Bonchev–Trinajstić information content (AvgIpc) is 2.36. The summed E-state index contributed by atoms with van der Waals surface area (Å²) in [6.07, 6.45) is -4.19. The molecule has 1 amide bonds. The molecule has 0 aromatic heterocycles. The monoisotopic (exact) mass is 276 g/mol. The molecule has 4 nitrogen and oxygen atoms in total. The zero-order valence-electron chi connectivity index (χ0n) is 10.4. The third-order valence-electron chi connectivity index (χ3n) is 2.42. The molecule has 1 rings (SSSR count). The van der Waals surface area contributed by atoms with Crippen molar-refractivity contribution >= 4 is 5.91 Å². The molecule has 0 aliphatic rings. The Morgan fingerprint density at radius 3 is 2.63 bits per heavy atom. The minimum Gasteiger partial charge on any atom is -0.483 e. The summed E-state index contributed by atoms with van der Waals surface area (Å²) >= 11 is 0. The minimum absolute atomic E-state index is 0.260. The summed E-state index contributed by atoms with van der Waals surface area (Å²) < 4.78 is 43.5. The van der Waals surface area contributed by atoms with Crippen LogP contribution in [0.4, 0.5) is 13.2 Å². The summed E-state index contributed by atoms with van der Waals surface area (Å²) in [4.78, 5) is 11.0. The lowest BCUT2D eigenvalue weighted by molar-refractivity contribution is -0.139. The Bertz CT molecular complexity index is 447. The first-order valence-corrected chi connectivity index (χ1v) is 5.62. The number of alkyl halides is 3. The van der Waals surface area contributed by atoms with E-state index in [1.54, 1.807) is 0 Å².